The predicted molar refractivity (Wildman–Crippen MR) is 85.7 cm³/mol. The summed E-state index contributed by atoms with van der Waals surface area (Å²) in [5, 5.41) is 9.64. The van der Waals surface area contributed by atoms with E-state index in [4.69, 9.17) is 16.7 Å². The summed E-state index contributed by atoms with van der Waals surface area (Å²) in [4.78, 5) is 26.1. The summed E-state index contributed by atoms with van der Waals surface area (Å²) in [6, 6.07) is 10.6. The van der Waals surface area contributed by atoms with E-state index in [2.05, 4.69) is 0 Å². The lowest BCUT2D eigenvalue weighted by molar-refractivity contribution is 0.0701. The van der Waals surface area contributed by atoms with E-state index >= 15 is 0 Å². The minimum absolute atomic E-state index is 0.0448. The normalized spacial score (nSPS) is 17.7. The number of likely N-dealkylation sites (tertiary alicyclic amines) is 1. The number of halogens is 1. The SMILES string of the molecule is O=C(O)c1ccc(C(=O)N2CCCC2c2ccccc2Cl)s1. The third kappa shape index (κ3) is 2.74. The van der Waals surface area contributed by atoms with Crippen molar-refractivity contribution in [3.05, 3.63) is 56.7 Å². The van der Waals surface area contributed by atoms with E-state index in [1.54, 1.807) is 11.0 Å². The Hall–Kier alpha value is -1.85. The van der Waals surface area contributed by atoms with Crippen LogP contribution in [0.2, 0.25) is 5.02 Å². The standard InChI is InChI=1S/C16H14ClNO3S/c17-11-5-2-1-4-10(11)12-6-3-9-18(12)15(19)13-7-8-14(22-13)16(20)21/h1-2,4-5,7-8,12H,3,6,9H2,(H,20,21). The molecular weight excluding hydrogens is 322 g/mol. The van der Waals surface area contributed by atoms with Crippen LogP contribution in [0.5, 0.6) is 0 Å². The molecule has 22 heavy (non-hydrogen) atoms. The molecule has 1 aromatic heterocycles. The second-order valence-corrected chi connectivity index (χ2v) is 6.64. The summed E-state index contributed by atoms with van der Waals surface area (Å²) in [5.41, 5.74) is 0.949. The van der Waals surface area contributed by atoms with Crippen LogP contribution in [0.15, 0.2) is 36.4 Å². The van der Waals surface area contributed by atoms with Crippen molar-refractivity contribution in [2.24, 2.45) is 0 Å². The maximum atomic E-state index is 12.7. The highest BCUT2D eigenvalue weighted by atomic mass is 35.5. The average Bonchev–Trinajstić information content (AvgIpc) is 3.16. The van der Waals surface area contributed by atoms with Crippen LogP contribution in [0.1, 0.15) is 43.8 Å². The number of carboxylic acid groups (broad SMARTS) is 1. The Bertz CT molecular complexity index is 728. The first-order valence-corrected chi connectivity index (χ1v) is 8.16. The Morgan fingerprint density at radius 2 is 1.91 bits per heavy atom. The number of thiophene rings is 1. The lowest BCUT2D eigenvalue weighted by atomic mass is 10.0. The lowest BCUT2D eigenvalue weighted by Gasteiger charge is -2.25. The largest absolute Gasteiger partial charge is 0.477 e. The molecule has 0 aliphatic carbocycles. The molecule has 1 saturated heterocycles. The molecule has 1 aromatic carbocycles. The second-order valence-electron chi connectivity index (χ2n) is 5.15. The van der Waals surface area contributed by atoms with E-state index in [1.807, 2.05) is 24.3 Å². The van der Waals surface area contributed by atoms with Gasteiger partial charge in [-0.3, -0.25) is 4.79 Å². The molecule has 0 saturated carbocycles. The van der Waals surface area contributed by atoms with Gasteiger partial charge in [-0.15, -0.1) is 11.3 Å². The van der Waals surface area contributed by atoms with Crippen LogP contribution in [0.4, 0.5) is 0 Å². The van der Waals surface area contributed by atoms with E-state index in [-0.39, 0.29) is 16.8 Å². The number of hydrogen-bond acceptors (Lipinski definition) is 3. The molecule has 114 valence electrons. The minimum atomic E-state index is -1.01. The number of nitrogens with zero attached hydrogens (tertiary/aromatic N) is 1. The predicted octanol–water partition coefficient (Wildman–Crippen LogP) is 4.08. The van der Waals surface area contributed by atoms with Gasteiger partial charge in [0.2, 0.25) is 0 Å². The second kappa shape index (κ2) is 6.10. The molecule has 4 nitrogen and oxygen atoms in total. The van der Waals surface area contributed by atoms with E-state index in [0.717, 1.165) is 29.7 Å². The molecule has 1 amide bonds. The molecule has 6 heteroatoms. The highest BCUT2D eigenvalue weighted by Crippen LogP contribution is 2.37. The van der Waals surface area contributed by atoms with Crippen LogP contribution in [0.25, 0.3) is 0 Å². The van der Waals surface area contributed by atoms with E-state index < -0.39 is 5.97 Å². The van der Waals surface area contributed by atoms with Gasteiger partial charge in [-0.25, -0.2) is 4.79 Å². The van der Waals surface area contributed by atoms with Gasteiger partial charge in [0.15, 0.2) is 0 Å². The van der Waals surface area contributed by atoms with Crippen LogP contribution >= 0.6 is 22.9 Å². The highest BCUT2D eigenvalue weighted by molar-refractivity contribution is 7.15. The van der Waals surface area contributed by atoms with E-state index in [9.17, 15) is 9.59 Å². The first-order chi connectivity index (χ1) is 10.6. The minimum Gasteiger partial charge on any atom is -0.477 e. The molecule has 0 radical (unpaired) electrons. The molecule has 0 spiro atoms. The van der Waals surface area contributed by atoms with Crippen molar-refractivity contribution >= 4 is 34.8 Å². The Labute approximate surface area is 136 Å². The number of hydrogen-bond donors (Lipinski definition) is 1. The Kier molecular flexibility index (Phi) is 4.18. The first kappa shape index (κ1) is 15.1. The summed E-state index contributed by atoms with van der Waals surface area (Å²) in [6.07, 6.45) is 1.78. The summed E-state index contributed by atoms with van der Waals surface area (Å²) in [6.45, 7) is 0.662. The third-order valence-electron chi connectivity index (χ3n) is 3.81. The zero-order valence-electron chi connectivity index (χ0n) is 11.7. The van der Waals surface area contributed by atoms with Crippen molar-refractivity contribution in [2.45, 2.75) is 18.9 Å². The summed E-state index contributed by atoms with van der Waals surface area (Å²) < 4.78 is 0. The lowest BCUT2D eigenvalue weighted by Crippen LogP contribution is -2.30. The van der Waals surface area contributed by atoms with E-state index in [0.29, 0.717) is 16.4 Å². The van der Waals surface area contributed by atoms with Crippen molar-refractivity contribution in [1.82, 2.24) is 4.90 Å². The fourth-order valence-electron chi connectivity index (χ4n) is 2.79. The van der Waals surface area contributed by atoms with Crippen LogP contribution in [0, 0.1) is 0 Å². The van der Waals surface area contributed by atoms with Crippen molar-refractivity contribution < 1.29 is 14.7 Å². The molecule has 1 fully saturated rings. The van der Waals surface area contributed by atoms with E-state index in [1.165, 1.54) is 6.07 Å². The van der Waals surface area contributed by atoms with Gasteiger partial charge >= 0.3 is 5.97 Å². The highest BCUT2D eigenvalue weighted by Gasteiger charge is 2.32. The number of aromatic carboxylic acids is 1. The summed E-state index contributed by atoms with van der Waals surface area (Å²) in [7, 11) is 0. The Morgan fingerprint density at radius 3 is 2.59 bits per heavy atom. The fourth-order valence-corrected chi connectivity index (χ4v) is 3.85. The molecule has 1 aliphatic heterocycles. The first-order valence-electron chi connectivity index (χ1n) is 6.96. The van der Waals surface area contributed by atoms with Gasteiger partial charge in [0.25, 0.3) is 5.91 Å². The fraction of sp³-hybridized carbons (Fsp3) is 0.250. The smallest absolute Gasteiger partial charge is 0.345 e. The summed E-state index contributed by atoms with van der Waals surface area (Å²) >= 11 is 7.27. The van der Waals surface area contributed by atoms with Gasteiger partial charge in [0.05, 0.1) is 10.9 Å². The summed E-state index contributed by atoms with van der Waals surface area (Å²) in [5.74, 6) is -1.13. The van der Waals surface area contributed by atoms with Crippen molar-refractivity contribution in [1.29, 1.82) is 0 Å². The molecule has 2 heterocycles. The van der Waals surface area contributed by atoms with Gasteiger partial charge in [-0.05, 0) is 36.6 Å². The van der Waals surface area contributed by atoms with Gasteiger partial charge in [0.1, 0.15) is 4.88 Å². The van der Waals surface area contributed by atoms with Crippen molar-refractivity contribution in [3.8, 4) is 0 Å². The van der Waals surface area contributed by atoms with Crippen LogP contribution in [-0.4, -0.2) is 28.4 Å². The Morgan fingerprint density at radius 1 is 1.18 bits per heavy atom. The topological polar surface area (TPSA) is 57.6 Å². The zero-order chi connectivity index (χ0) is 15.7. The average molecular weight is 336 g/mol. The maximum absolute atomic E-state index is 12.7. The van der Waals surface area contributed by atoms with Gasteiger partial charge < -0.3 is 10.0 Å². The zero-order valence-corrected chi connectivity index (χ0v) is 13.2. The van der Waals surface area contributed by atoms with Crippen molar-refractivity contribution in [2.75, 3.05) is 6.54 Å². The molecular formula is C16H14ClNO3S. The maximum Gasteiger partial charge on any atom is 0.345 e. The third-order valence-corrected chi connectivity index (χ3v) is 5.21. The van der Waals surface area contributed by atoms with Crippen LogP contribution in [-0.2, 0) is 0 Å². The number of amides is 1. The molecule has 1 atom stereocenters. The quantitative estimate of drug-likeness (QED) is 0.919. The number of carboxylic acids is 1. The van der Waals surface area contributed by atoms with Gasteiger partial charge in [-0.1, -0.05) is 29.8 Å². The number of carbonyl (C=O) groups is 2. The van der Waals surface area contributed by atoms with Crippen LogP contribution in [0.3, 0.4) is 0 Å². The van der Waals surface area contributed by atoms with Crippen molar-refractivity contribution in [3.63, 3.8) is 0 Å². The molecule has 3 rings (SSSR count). The van der Waals surface area contributed by atoms with Gasteiger partial charge in [0, 0.05) is 11.6 Å². The number of carbonyl (C=O) groups excluding carboxylic acids is 1. The molecule has 1 unspecified atom stereocenters. The molecule has 1 N–H and O–H groups in total. The van der Waals surface area contributed by atoms with Gasteiger partial charge in [-0.2, -0.15) is 0 Å². The number of benzene rings is 1. The molecule has 1 aliphatic rings. The monoisotopic (exact) mass is 335 g/mol. The molecule has 0 bridgehead atoms. The molecule has 2 aromatic rings. The number of rotatable bonds is 3. The Balaban J connectivity index is 1.88. The van der Waals surface area contributed by atoms with Crippen LogP contribution < -0.4 is 0 Å².